The molecular weight excluding hydrogens is 268 g/mol. The van der Waals surface area contributed by atoms with Crippen molar-refractivity contribution in [3.63, 3.8) is 0 Å². The fourth-order valence-corrected chi connectivity index (χ4v) is 3.17. The van der Waals surface area contributed by atoms with Crippen molar-refractivity contribution >= 4 is 29.7 Å². The quantitative estimate of drug-likeness (QED) is 0.928. The Bertz CT molecular complexity index is 405. The number of nitrogens with two attached hydrogens (primary N) is 1. The van der Waals surface area contributed by atoms with Crippen molar-refractivity contribution in [3.8, 4) is 0 Å². The average molecular weight is 289 g/mol. The molecule has 0 aromatic carbocycles. The molecule has 0 unspecified atom stereocenters. The maximum Gasteiger partial charge on any atom is 0.239 e. The zero-order valence-corrected chi connectivity index (χ0v) is 12.5. The smallest absolute Gasteiger partial charge is 0.239 e. The SMILES string of the molecule is CC(C)C[C@H](N)C(=O)N1CCc2sccc2C1.Cl. The first-order valence-corrected chi connectivity index (χ1v) is 7.05. The summed E-state index contributed by atoms with van der Waals surface area (Å²) >= 11 is 1.79. The number of carbonyl (C=O) groups excluding carboxylic acids is 1. The summed E-state index contributed by atoms with van der Waals surface area (Å²) in [5, 5.41) is 2.10. The van der Waals surface area contributed by atoms with Gasteiger partial charge in [0.05, 0.1) is 6.04 Å². The van der Waals surface area contributed by atoms with E-state index in [4.69, 9.17) is 5.73 Å². The minimum Gasteiger partial charge on any atom is -0.337 e. The van der Waals surface area contributed by atoms with Crippen molar-refractivity contribution in [1.29, 1.82) is 0 Å². The molecular formula is C13H21ClN2OS. The van der Waals surface area contributed by atoms with E-state index in [0.717, 1.165) is 25.9 Å². The van der Waals surface area contributed by atoms with E-state index in [9.17, 15) is 4.79 Å². The number of carbonyl (C=O) groups is 1. The van der Waals surface area contributed by atoms with E-state index in [1.54, 1.807) is 11.3 Å². The van der Waals surface area contributed by atoms with Gasteiger partial charge in [-0.1, -0.05) is 13.8 Å². The van der Waals surface area contributed by atoms with Gasteiger partial charge in [-0.3, -0.25) is 4.79 Å². The second-order valence-corrected chi connectivity index (χ2v) is 6.12. The first kappa shape index (κ1) is 15.5. The fourth-order valence-electron chi connectivity index (χ4n) is 2.28. The van der Waals surface area contributed by atoms with Gasteiger partial charge in [-0.2, -0.15) is 0 Å². The van der Waals surface area contributed by atoms with Crippen LogP contribution in [-0.2, 0) is 17.8 Å². The number of amides is 1. The van der Waals surface area contributed by atoms with Crippen LogP contribution in [-0.4, -0.2) is 23.4 Å². The normalized spacial score (nSPS) is 16.1. The number of hydrogen-bond donors (Lipinski definition) is 1. The molecule has 0 bridgehead atoms. The molecule has 1 aliphatic heterocycles. The van der Waals surface area contributed by atoms with Crippen molar-refractivity contribution in [2.45, 2.75) is 39.3 Å². The third-order valence-corrected chi connectivity index (χ3v) is 4.18. The van der Waals surface area contributed by atoms with E-state index in [0.29, 0.717) is 5.92 Å². The molecule has 2 heterocycles. The number of rotatable bonds is 3. The summed E-state index contributed by atoms with van der Waals surface area (Å²) in [4.78, 5) is 15.5. The highest BCUT2D eigenvalue weighted by molar-refractivity contribution is 7.10. The summed E-state index contributed by atoms with van der Waals surface area (Å²) in [5.41, 5.74) is 7.25. The van der Waals surface area contributed by atoms with E-state index in [-0.39, 0.29) is 24.4 Å². The molecule has 0 saturated heterocycles. The lowest BCUT2D eigenvalue weighted by atomic mass is 10.0. The molecule has 2 N–H and O–H groups in total. The molecule has 5 heteroatoms. The average Bonchev–Trinajstić information content (AvgIpc) is 2.73. The fraction of sp³-hybridized carbons (Fsp3) is 0.615. The zero-order valence-electron chi connectivity index (χ0n) is 10.9. The highest BCUT2D eigenvalue weighted by atomic mass is 35.5. The topological polar surface area (TPSA) is 46.3 Å². The number of fused-ring (bicyclic) bond motifs is 1. The minimum absolute atomic E-state index is 0. The Morgan fingerprint density at radius 2 is 2.28 bits per heavy atom. The lowest BCUT2D eigenvalue weighted by molar-refractivity contribution is -0.133. The van der Waals surface area contributed by atoms with Crippen LogP contribution >= 0.6 is 23.7 Å². The van der Waals surface area contributed by atoms with Crippen LogP contribution in [0.4, 0.5) is 0 Å². The predicted molar refractivity (Wildman–Crippen MR) is 78.1 cm³/mol. The Morgan fingerprint density at radius 3 is 2.94 bits per heavy atom. The van der Waals surface area contributed by atoms with Crippen molar-refractivity contribution in [1.82, 2.24) is 4.90 Å². The van der Waals surface area contributed by atoms with E-state index >= 15 is 0 Å². The maximum atomic E-state index is 12.2. The number of thiophene rings is 1. The summed E-state index contributed by atoms with van der Waals surface area (Å²) in [6.45, 7) is 5.75. The van der Waals surface area contributed by atoms with Gasteiger partial charge in [0.2, 0.25) is 5.91 Å². The number of hydrogen-bond acceptors (Lipinski definition) is 3. The molecule has 0 aliphatic carbocycles. The van der Waals surface area contributed by atoms with E-state index < -0.39 is 0 Å². The monoisotopic (exact) mass is 288 g/mol. The van der Waals surface area contributed by atoms with Gasteiger partial charge >= 0.3 is 0 Å². The molecule has 2 rings (SSSR count). The molecule has 0 fully saturated rings. The van der Waals surface area contributed by atoms with Gasteiger partial charge in [-0.25, -0.2) is 0 Å². The van der Waals surface area contributed by atoms with Gasteiger partial charge in [0, 0.05) is 18.0 Å². The first-order valence-electron chi connectivity index (χ1n) is 6.17. The van der Waals surface area contributed by atoms with Crippen LogP contribution in [0.25, 0.3) is 0 Å². The molecule has 0 saturated carbocycles. The Kier molecular flexibility index (Phi) is 5.63. The standard InChI is InChI=1S/C13H20N2OS.ClH/c1-9(2)7-11(14)13(16)15-5-3-12-10(8-15)4-6-17-12;/h4,6,9,11H,3,5,7-8,14H2,1-2H3;1H/t11-;/m0./s1. The molecule has 1 aromatic rings. The second-order valence-electron chi connectivity index (χ2n) is 5.11. The third-order valence-electron chi connectivity index (χ3n) is 3.16. The number of nitrogens with zero attached hydrogens (tertiary/aromatic N) is 1. The maximum absolute atomic E-state index is 12.2. The van der Waals surface area contributed by atoms with Gasteiger partial charge in [0.25, 0.3) is 0 Å². The summed E-state index contributed by atoms with van der Waals surface area (Å²) in [6.07, 6.45) is 1.75. The van der Waals surface area contributed by atoms with Gasteiger partial charge in [-0.15, -0.1) is 23.7 Å². The zero-order chi connectivity index (χ0) is 12.4. The van der Waals surface area contributed by atoms with E-state index in [1.807, 2.05) is 4.90 Å². The van der Waals surface area contributed by atoms with Crippen molar-refractivity contribution in [2.24, 2.45) is 11.7 Å². The molecule has 0 spiro atoms. The molecule has 3 nitrogen and oxygen atoms in total. The molecule has 1 amide bonds. The summed E-state index contributed by atoms with van der Waals surface area (Å²) in [5.74, 6) is 0.575. The van der Waals surface area contributed by atoms with Crippen LogP contribution in [0.1, 0.15) is 30.7 Å². The van der Waals surface area contributed by atoms with Gasteiger partial charge < -0.3 is 10.6 Å². The van der Waals surface area contributed by atoms with Gasteiger partial charge in [-0.05, 0) is 35.8 Å². The van der Waals surface area contributed by atoms with Crippen LogP contribution in [0.5, 0.6) is 0 Å². The molecule has 0 radical (unpaired) electrons. The second kappa shape index (κ2) is 6.55. The Morgan fingerprint density at radius 1 is 1.56 bits per heavy atom. The third kappa shape index (κ3) is 3.46. The van der Waals surface area contributed by atoms with Crippen LogP contribution in [0.2, 0.25) is 0 Å². The summed E-state index contributed by atoms with van der Waals surface area (Å²) in [7, 11) is 0. The van der Waals surface area contributed by atoms with Crippen molar-refractivity contribution in [2.75, 3.05) is 6.54 Å². The number of halogens is 1. The molecule has 1 aliphatic rings. The lowest BCUT2D eigenvalue weighted by Crippen LogP contribution is -2.46. The largest absolute Gasteiger partial charge is 0.337 e. The van der Waals surface area contributed by atoms with Gasteiger partial charge in [0.1, 0.15) is 0 Å². The van der Waals surface area contributed by atoms with Crippen molar-refractivity contribution in [3.05, 3.63) is 21.9 Å². The van der Waals surface area contributed by atoms with Crippen LogP contribution < -0.4 is 5.73 Å². The van der Waals surface area contributed by atoms with Crippen LogP contribution in [0.3, 0.4) is 0 Å². The van der Waals surface area contributed by atoms with Crippen LogP contribution in [0, 0.1) is 5.92 Å². The lowest BCUT2D eigenvalue weighted by Gasteiger charge is -2.29. The van der Waals surface area contributed by atoms with E-state index in [1.165, 1.54) is 10.4 Å². The Hall–Kier alpha value is -0.580. The molecule has 18 heavy (non-hydrogen) atoms. The molecule has 102 valence electrons. The molecule has 1 aromatic heterocycles. The Balaban J connectivity index is 0.00000162. The highest BCUT2D eigenvalue weighted by Gasteiger charge is 2.25. The van der Waals surface area contributed by atoms with Gasteiger partial charge in [0.15, 0.2) is 0 Å². The van der Waals surface area contributed by atoms with Crippen LogP contribution in [0.15, 0.2) is 11.4 Å². The van der Waals surface area contributed by atoms with E-state index in [2.05, 4.69) is 25.3 Å². The van der Waals surface area contributed by atoms with Crippen molar-refractivity contribution < 1.29 is 4.79 Å². The Labute approximate surface area is 119 Å². The minimum atomic E-state index is -0.338. The molecule has 1 atom stereocenters. The highest BCUT2D eigenvalue weighted by Crippen LogP contribution is 2.24. The summed E-state index contributed by atoms with van der Waals surface area (Å²) < 4.78 is 0. The predicted octanol–water partition coefficient (Wildman–Crippen LogP) is 2.43. The first-order chi connectivity index (χ1) is 8.08. The summed E-state index contributed by atoms with van der Waals surface area (Å²) in [6, 6.07) is 1.78.